The van der Waals surface area contributed by atoms with Gasteiger partial charge in [-0.25, -0.2) is 0 Å². The average Bonchev–Trinajstić information content (AvgIpc) is 2.81. The lowest BCUT2D eigenvalue weighted by Gasteiger charge is -2.00. The minimum Gasteiger partial charge on any atom is -0.346 e. The highest BCUT2D eigenvalue weighted by atomic mass is 127. The fourth-order valence-corrected chi connectivity index (χ4v) is 2.20. The Balaban J connectivity index is 2.00. The van der Waals surface area contributed by atoms with Crippen LogP contribution in [0.5, 0.6) is 0 Å². The number of hydrogen-bond donors (Lipinski definition) is 1. The second kappa shape index (κ2) is 4.86. The van der Waals surface area contributed by atoms with Gasteiger partial charge in [-0.15, -0.1) is 0 Å². The topological polar surface area (TPSA) is 64.7 Å². The van der Waals surface area contributed by atoms with Crippen LogP contribution in [0.15, 0.2) is 18.6 Å². The van der Waals surface area contributed by atoms with E-state index in [1.54, 1.807) is 28.8 Å². The molecular weight excluding hydrogens is 333 g/mol. The minimum atomic E-state index is -0.168. The lowest BCUT2D eigenvalue weighted by Crippen LogP contribution is -2.24. The molecule has 0 atom stereocenters. The molecule has 90 valence electrons. The molecule has 2 rings (SSSR count). The van der Waals surface area contributed by atoms with E-state index in [2.05, 4.69) is 38.1 Å². The Bertz CT molecular complexity index is 545. The zero-order chi connectivity index (χ0) is 12.4. The number of nitrogens with one attached hydrogen (secondary N) is 1. The van der Waals surface area contributed by atoms with Crippen LogP contribution in [0, 0.1) is 3.57 Å². The van der Waals surface area contributed by atoms with Gasteiger partial charge in [0.05, 0.1) is 9.77 Å². The van der Waals surface area contributed by atoms with Gasteiger partial charge >= 0.3 is 0 Å². The molecule has 0 fully saturated rings. The van der Waals surface area contributed by atoms with Crippen LogP contribution >= 0.6 is 22.6 Å². The Morgan fingerprint density at radius 2 is 2.18 bits per heavy atom. The number of aromatic nitrogens is 4. The van der Waals surface area contributed by atoms with Gasteiger partial charge < -0.3 is 5.32 Å². The molecule has 1 amide bonds. The Kier molecular flexibility index (Phi) is 3.46. The van der Waals surface area contributed by atoms with Gasteiger partial charge in [-0.05, 0) is 22.6 Å². The number of nitrogens with zero attached hydrogens (tertiary/aromatic N) is 4. The zero-order valence-electron chi connectivity index (χ0n) is 9.51. The van der Waals surface area contributed by atoms with Crippen LogP contribution in [-0.4, -0.2) is 25.5 Å². The summed E-state index contributed by atoms with van der Waals surface area (Å²) >= 11 is 2.09. The van der Waals surface area contributed by atoms with Crippen LogP contribution in [0.4, 0.5) is 0 Å². The predicted molar refractivity (Wildman–Crippen MR) is 70.3 cm³/mol. The van der Waals surface area contributed by atoms with Crippen LogP contribution in [0.2, 0.25) is 0 Å². The van der Waals surface area contributed by atoms with Gasteiger partial charge in [-0.3, -0.25) is 14.2 Å². The van der Waals surface area contributed by atoms with E-state index in [0.717, 1.165) is 9.13 Å². The lowest BCUT2D eigenvalue weighted by atomic mass is 10.3. The van der Waals surface area contributed by atoms with Gasteiger partial charge in [0, 0.05) is 38.6 Å². The summed E-state index contributed by atoms with van der Waals surface area (Å²) in [5, 5.41) is 10.9. The molecule has 1 N–H and O–H groups in total. The van der Waals surface area contributed by atoms with Crippen molar-refractivity contribution in [1.82, 2.24) is 24.9 Å². The van der Waals surface area contributed by atoms with Crippen molar-refractivity contribution in [1.29, 1.82) is 0 Å². The van der Waals surface area contributed by atoms with Crippen molar-refractivity contribution in [2.75, 3.05) is 0 Å². The maximum atomic E-state index is 11.8. The third kappa shape index (κ3) is 2.84. The van der Waals surface area contributed by atoms with E-state index in [-0.39, 0.29) is 5.91 Å². The van der Waals surface area contributed by atoms with Gasteiger partial charge in [0.1, 0.15) is 0 Å². The van der Waals surface area contributed by atoms with Crippen LogP contribution in [0.3, 0.4) is 0 Å². The number of carbonyl (C=O) groups is 1. The summed E-state index contributed by atoms with van der Waals surface area (Å²) in [6.07, 6.45) is 5.40. The second-order valence-corrected chi connectivity index (χ2v) is 4.87. The van der Waals surface area contributed by atoms with Crippen molar-refractivity contribution >= 4 is 28.5 Å². The molecular formula is C10H12IN5O. The maximum Gasteiger partial charge on any atom is 0.273 e. The monoisotopic (exact) mass is 345 g/mol. The number of rotatable bonds is 3. The normalized spacial score (nSPS) is 10.5. The molecule has 2 heterocycles. The number of carbonyl (C=O) groups excluding carboxylic acids is 1. The van der Waals surface area contributed by atoms with Crippen molar-refractivity contribution < 1.29 is 4.79 Å². The van der Waals surface area contributed by atoms with Crippen LogP contribution in [-0.2, 0) is 20.6 Å². The van der Waals surface area contributed by atoms with E-state index in [1.165, 1.54) is 0 Å². The summed E-state index contributed by atoms with van der Waals surface area (Å²) in [6.45, 7) is 0.458. The Hall–Kier alpha value is -1.38. The first kappa shape index (κ1) is 12.1. The first-order chi connectivity index (χ1) is 8.06. The standard InChI is InChI=1S/C10H12IN5O/c1-15-5-7(4-13-15)3-12-10(17)9-8(11)6-16(2)14-9/h4-6H,3H2,1-2H3,(H,12,17). The van der Waals surface area contributed by atoms with Gasteiger partial charge in [-0.2, -0.15) is 10.2 Å². The van der Waals surface area contributed by atoms with Gasteiger partial charge in [-0.1, -0.05) is 0 Å². The molecule has 0 unspecified atom stereocenters. The lowest BCUT2D eigenvalue weighted by molar-refractivity contribution is 0.0944. The number of aryl methyl sites for hydroxylation is 2. The van der Waals surface area contributed by atoms with Gasteiger partial charge in [0.25, 0.3) is 5.91 Å². The molecule has 17 heavy (non-hydrogen) atoms. The Labute approximate surface area is 112 Å². The largest absolute Gasteiger partial charge is 0.346 e. The van der Waals surface area contributed by atoms with Crippen molar-refractivity contribution in [2.45, 2.75) is 6.54 Å². The van der Waals surface area contributed by atoms with E-state index >= 15 is 0 Å². The molecule has 2 aromatic heterocycles. The summed E-state index contributed by atoms with van der Waals surface area (Å²) in [5.41, 5.74) is 1.42. The SMILES string of the molecule is Cn1cc(CNC(=O)c2nn(C)cc2I)cn1. The second-order valence-electron chi connectivity index (χ2n) is 3.70. The van der Waals surface area contributed by atoms with Crippen molar-refractivity contribution in [2.24, 2.45) is 14.1 Å². The molecule has 0 aliphatic heterocycles. The summed E-state index contributed by atoms with van der Waals surface area (Å²) in [4.78, 5) is 11.8. The van der Waals surface area contributed by atoms with Crippen LogP contribution in [0.25, 0.3) is 0 Å². The molecule has 0 aliphatic rings. The fourth-order valence-electron chi connectivity index (χ4n) is 1.44. The Morgan fingerprint density at radius 3 is 2.71 bits per heavy atom. The first-order valence-electron chi connectivity index (χ1n) is 5.01. The average molecular weight is 345 g/mol. The first-order valence-corrected chi connectivity index (χ1v) is 6.09. The molecule has 0 saturated heterocycles. The molecule has 0 aliphatic carbocycles. The van der Waals surface area contributed by atoms with Crippen molar-refractivity contribution in [3.8, 4) is 0 Å². The maximum absolute atomic E-state index is 11.8. The summed E-state index contributed by atoms with van der Waals surface area (Å²) in [5.74, 6) is -0.168. The van der Waals surface area contributed by atoms with Crippen molar-refractivity contribution in [3.05, 3.63) is 33.4 Å². The molecule has 7 heteroatoms. The fraction of sp³-hybridized carbons (Fsp3) is 0.300. The third-order valence-electron chi connectivity index (χ3n) is 2.21. The van der Waals surface area contributed by atoms with Crippen LogP contribution in [0.1, 0.15) is 16.1 Å². The quantitative estimate of drug-likeness (QED) is 0.833. The highest BCUT2D eigenvalue weighted by Gasteiger charge is 2.13. The third-order valence-corrected chi connectivity index (χ3v) is 3.00. The smallest absolute Gasteiger partial charge is 0.273 e. The van der Waals surface area contributed by atoms with E-state index in [1.807, 2.05) is 13.2 Å². The summed E-state index contributed by atoms with van der Waals surface area (Å²) in [7, 11) is 3.63. The van der Waals surface area contributed by atoms with Gasteiger partial charge in [0.15, 0.2) is 5.69 Å². The summed E-state index contributed by atoms with van der Waals surface area (Å²) in [6, 6.07) is 0. The highest BCUT2D eigenvalue weighted by molar-refractivity contribution is 14.1. The summed E-state index contributed by atoms with van der Waals surface area (Å²) < 4.78 is 4.17. The van der Waals surface area contributed by atoms with E-state index in [4.69, 9.17) is 0 Å². The number of amides is 1. The van der Waals surface area contributed by atoms with Gasteiger partial charge in [0.2, 0.25) is 0 Å². The van der Waals surface area contributed by atoms with E-state index < -0.39 is 0 Å². The zero-order valence-corrected chi connectivity index (χ0v) is 11.7. The molecule has 0 saturated carbocycles. The van der Waals surface area contributed by atoms with Crippen LogP contribution < -0.4 is 5.32 Å². The molecule has 6 nitrogen and oxygen atoms in total. The number of hydrogen-bond acceptors (Lipinski definition) is 3. The number of halogens is 1. The van der Waals surface area contributed by atoms with E-state index in [0.29, 0.717) is 12.2 Å². The predicted octanol–water partition coefficient (Wildman–Crippen LogP) is 0.688. The molecule has 0 spiro atoms. The molecule has 0 radical (unpaired) electrons. The highest BCUT2D eigenvalue weighted by Crippen LogP contribution is 2.09. The molecule has 2 aromatic rings. The molecule has 0 aromatic carbocycles. The molecule has 0 bridgehead atoms. The Morgan fingerprint density at radius 1 is 1.41 bits per heavy atom. The van der Waals surface area contributed by atoms with E-state index in [9.17, 15) is 4.79 Å². The minimum absolute atomic E-state index is 0.168. The van der Waals surface area contributed by atoms with Crippen molar-refractivity contribution in [3.63, 3.8) is 0 Å².